The quantitative estimate of drug-likeness (QED) is 0.848. The van der Waals surface area contributed by atoms with Crippen molar-refractivity contribution in [3.63, 3.8) is 0 Å². The smallest absolute Gasteiger partial charge is 0.226 e. The normalized spacial score (nSPS) is 11.9. The Morgan fingerprint density at radius 2 is 2.00 bits per heavy atom. The number of benzene rings is 1. The zero-order chi connectivity index (χ0) is 15.1. The molecule has 0 saturated carbocycles. The van der Waals surface area contributed by atoms with Crippen molar-refractivity contribution < 1.29 is 9.90 Å². The third-order valence-electron chi connectivity index (χ3n) is 3.36. The number of aryl methyl sites for hydroxylation is 1. The van der Waals surface area contributed by atoms with Crippen LogP contribution in [0.1, 0.15) is 16.8 Å². The van der Waals surface area contributed by atoms with Gasteiger partial charge in [-0.1, -0.05) is 36.4 Å². The Morgan fingerprint density at radius 3 is 2.67 bits per heavy atom. The molecule has 0 bridgehead atoms. The van der Waals surface area contributed by atoms with E-state index in [-0.39, 0.29) is 25.0 Å². The van der Waals surface area contributed by atoms with Crippen LogP contribution in [0.4, 0.5) is 0 Å². The number of rotatable bonds is 6. The van der Waals surface area contributed by atoms with Gasteiger partial charge in [-0.25, -0.2) is 0 Å². The van der Waals surface area contributed by atoms with Gasteiger partial charge >= 0.3 is 0 Å². The van der Waals surface area contributed by atoms with Gasteiger partial charge in [-0.3, -0.25) is 9.78 Å². The largest absolute Gasteiger partial charge is 0.394 e. The van der Waals surface area contributed by atoms with E-state index >= 15 is 0 Å². The minimum absolute atomic E-state index is 0.0815. The maximum absolute atomic E-state index is 12.1. The van der Waals surface area contributed by atoms with Crippen LogP contribution in [0.2, 0.25) is 0 Å². The molecule has 4 nitrogen and oxygen atoms in total. The van der Waals surface area contributed by atoms with Crippen molar-refractivity contribution in [2.24, 2.45) is 0 Å². The van der Waals surface area contributed by atoms with E-state index in [0.29, 0.717) is 6.42 Å². The number of aromatic nitrogens is 1. The van der Waals surface area contributed by atoms with Gasteiger partial charge in [-0.05, 0) is 30.5 Å². The summed E-state index contributed by atoms with van der Waals surface area (Å²) < 4.78 is 0. The molecule has 110 valence electrons. The highest BCUT2D eigenvalue weighted by Crippen LogP contribution is 2.06. The van der Waals surface area contributed by atoms with Gasteiger partial charge in [-0.2, -0.15) is 0 Å². The standard InChI is InChI=1S/C17H20N2O2/c1-13-6-5-9-18-16(13)11-17(21)19-15(12-20)10-14-7-3-2-4-8-14/h2-9,15,20H,10-12H2,1H3,(H,19,21)/t15-/m0/s1. The highest BCUT2D eigenvalue weighted by Gasteiger charge is 2.13. The van der Waals surface area contributed by atoms with Crippen LogP contribution >= 0.6 is 0 Å². The van der Waals surface area contributed by atoms with Gasteiger partial charge in [0, 0.05) is 6.20 Å². The molecule has 0 aliphatic carbocycles. The van der Waals surface area contributed by atoms with Crippen molar-refractivity contribution in [1.29, 1.82) is 0 Å². The van der Waals surface area contributed by atoms with Crippen molar-refractivity contribution in [3.05, 3.63) is 65.5 Å². The molecule has 0 radical (unpaired) electrons. The van der Waals surface area contributed by atoms with Crippen molar-refractivity contribution in [2.75, 3.05) is 6.61 Å². The first kappa shape index (κ1) is 15.2. The molecule has 21 heavy (non-hydrogen) atoms. The van der Waals surface area contributed by atoms with Crippen LogP contribution in [0.15, 0.2) is 48.7 Å². The first-order chi connectivity index (χ1) is 10.2. The Bertz CT molecular complexity index is 584. The lowest BCUT2D eigenvalue weighted by Crippen LogP contribution is -2.40. The molecule has 0 unspecified atom stereocenters. The summed E-state index contributed by atoms with van der Waals surface area (Å²) in [6.07, 6.45) is 2.53. The summed E-state index contributed by atoms with van der Waals surface area (Å²) in [4.78, 5) is 16.3. The molecule has 0 fully saturated rings. The number of nitrogens with zero attached hydrogens (tertiary/aromatic N) is 1. The van der Waals surface area contributed by atoms with Crippen molar-refractivity contribution in [3.8, 4) is 0 Å². The van der Waals surface area contributed by atoms with E-state index in [0.717, 1.165) is 16.8 Å². The third-order valence-corrected chi connectivity index (χ3v) is 3.36. The van der Waals surface area contributed by atoms with E-state index in [1.165, 1.54) is 0 Å². The fourth-order valence-electron chi connectivity index (χ4n) is 2.19. The van der Waals surface area contributed by atoms with E-state index < -0.39 is 0 Å². The lowest BCUT2D eigenvalue weighted by atomic mass is 10.1. The van der Waals surface area contributed by atoms with Crippen molar-refractivity contribution in [2.45, 2.75) is 25.8 Å². The molecular weight excluding hydrogens is 264 g/mol. The molecule has 1 heterocycles. The zero-order valence-electron chi connectivity index (χ0n) is 12.1. The van der Waals surface area contributed by atoms with Crippen LogP contribution in [0.5, 0.6) is 0 Å². The second kappa shape index (κ2) is 7.55. The van der Waals surface area contributed by atoms with Gasteiger partial charge in [-0.15, -0.1) is 0 Å². The van der Waals surface area contributed by atoms with Crippen LogP contribution in [-0.4, -0.2) is 28.6 Å². The van der Waals surface area contributed by atoms with Gasteiger partial charge in [0.15, 0.2) is 0 Å². The molecule has 1 aromatic carbocycles. The van der Waals surface area contributed by atoms with Gasteiger partial charge in [0.05, 0.1) is 24.8 Å². The van der Waals surface area contributed by atoms with E-state index in [4.69, 9.17) is 0 Å². The summed E-state index contributed by atoms with van der Waals surface area (Å²) in [6.45, 7) is 1.85. The third kappa shape index (κ3) is 4.68. The molecule has 1 amide bonds. The second-order valence-corrected chi connectivity index (χ2v) is 5.08. The minimum atomic E-state index is -0.274. The molecule has 2 N–H and O–H groups in total. The topological polar surface area (TPSA) is 62.2 Å². The predicted molar refractivity (Wildman–Crippen MR) is 81.8 cm³/mol. The Labute approximate surface area is 124 Å². The number of aliphatic hydroxyl groups is 1. The Balaban J connectivity index is 1.92. The summed E-state index contributed by atoms with van der Waals surface area (Å²) in [6, 6.07) is 13.3. The summed E-state index contributed by atoms with van der Waals surface area (Å²) in [5, 5.41) is 12.3. The average molecular weight is 284 g/mol. The van der Waals surface area contributed by atoms with Gasteiger partial charge < -0.3 is 10.4 Å². The number of hydrogen-bond donors (Lipinski definition) is 2. The molecule has 4 heteroatoms. The van der Waals surface area contributed by atoms with Crippen molar-refractivity contribution in [1.82, 2.24) is 10.3 Å². The minimum Gasteiger partial charge on any atom is -0.394 e. The molecule has 2 aromatic rings. The number of pyridine rings is 1. The van der Waals surface area contributed by atoms with Crippen LogP contribution in [-0.2, 0) is 17.6 Å². The van der Waals surface area contributed by atoms with Crippen LogP contribution in [0.3, 0.4) is 0 Å². The average Bonchev–Trinajstić information content (AvgIpc) is 2.50. The SMILES string of the molecule is Cc1cccnc1CC(=O)N[C@H](CO)Cc1ccccc1. The highest BCUT2D eigenvalue weighted by molar-refractivity contribution is 5.78. The Hall–Kier alpha value is -2.20. The predicted octanol–water partition coefficient (Wildman–Crippen LogP) is 1.65. The first-order valence-electron chi connectivity index (χ1n) is 7.03. The number of carbonyl (C=O) groups is 1. The molecule has 0 aliphatic heterocycles. The number of amides is 1. The Kier molecular flexibility index (Phi) is 5.46. The molecule has 1 atom stereocenters. The monoisotopic (exact) mass is 284 g/mol. The van der Waals surface area contributed by atoms with Crippen molar-refractivity contribution >= 4 is 5.91 Å². The van der Waals surface area contributed by atoms with Gasteiger partial charge in [0.25, 0.3) is 0 Å². The van der Waals surface area contributed by atoms with E-state index in [2.05, 4.69) is 10.3 Å². The molecule has 0 spiro atoms. The van der Waals surface area contributed by atoms with Crippen LogP contribution < -0.4 is 5.32 Å². The maximum atomic E-state index is 12.1. The fourth-order valence-corrected chi connectivity index (χ4v) is 2.19. The lowest BCUT2D eigenvalue weighted by Gasteiger charge is -2.16. The zero-order valence-corrected chi connectivity index (χ0v) is 12.1. The molecule has 2 rings (SSSR count). The summed E-state index contributed by atoms with van der Waals surface area (Å²) in [5.74, 6) is -0.119. The number of nitrogens with one attached hydrogen (secondary N) is 1. The summed E-state index contributed by atoms with van der Waals surface area (Å²) in [5.41, 5.74) is 2.86. The maximum Gasteiger partial charge on any atom is 0.226 e. The molecule has 0 saturated heterocycles. The Morgan fingerprint density at radius 1 is 1.24 bits per heavy atom. The van der Waals surface area contributed by atoms with Gasteiger partial charge in [0.1, 0.15) is 0 Å². The van der Waals surface area contributed by atoms with Crippen LogP contribution in [0.25, 0.3) is 0 Å². The van der Waals surface area contributed by atoms with Gasteiger partial charge in [0.2, 0.25) is 5.91 Å². The summed E-state index contributed by atoms with van der Waals surface area (Å²) >= 11 is 0. The van der Waals surface area contributed by atoms with Crippen LogP contribution in [0, 0.1) is 6.92 Å². The number of carbonyl (C=O) groups excluding carboxylic acids is 1. The molecule has 0 aliphatic rings. The second-order valence-electron chi connectivity index (χ2n) is 5.08. The number of hydrogen-bond acceptors (Lipinski definition) is 3. The van der Waals surface area contributed by atoms with E-state index in [9.17, 15) is 9.90 Å². The van der Waals surface area contributed by atoms with E-state index in [1.54, 1.807) is 6.20 Å². The molecule has 1 aromatic heterocycles. The highest BCUT2D eigenvalue weighted by atomic mass is 16.3. The van der Waals surface area contributed by atoms with E-state index in [1.807, 2.05) is 49.4 Å². The number of aliphatic hydroxyl groups excluding tert-OH is 1. The lowest BCUT2D eigenvalue weighted by molar-refractivity contribution is -0.121. The fraction of sp³-hybridized carbons (Fsp3) is 0.294. The summed E-state index contributed by atoms with van der Waals surface area (Å²) in [7, 11) is 0. The first-order valence-corrected chi connectivity index (χ1v) is 7.03. The molecular formula is C17H20N2O2.